The number of carbonyl (C=O) groups is 1. The number of nitrogens with zero attached hydrogens (tertiary/aromatic N) is 2. The second-order valence-corrected chi connectivity index (χ2v) is 11.3. The van der Waals surface area contributed by atoms with Gasteiger partial charge >= 0.3 is 0 Å². The van der Waals surface area contributed by atoms with Gasteiger partial charge in [-0.05, 0) is 62.4 Å². The van der Waals surface area contributed by atoms with Crippen LogP contribution in [0, 0.1) is 6.92 Å². The van der Waals surface area contributed by atoms with Crippen molar-refractivity contribution in [1.82, 2.24) is 4.57 Å². The number of rotatable bonds is 9. The van der Waals surface area contributed by atoms with Gasteiger partial charge in [0.25, 0.3) is 10.0 Å². The summed E-state index contributed by atoms with van der Waals surface area (Å²) in [6.45, 7) is 4.32. The third-order valence-electron chi connectivity index (χ3n) is 6.92. The van der Waals surface area contributed by atoms with Gasteiger partial charge in [-0.15, -0.1) is 0 Å². The fraction of sp³-hybridized carbons (Fsp3) is 0.194. The molecule has 1 aromatic heterocycles. The molecule has 5 aromatic rings. The molecule has 5 rings (SSSR count). The molecule has 0 saturated heterocycles. The number of methoxy groups -OCH3 is 2. The van der Waals surface area contributed by atoms with Gasteiger partial charge in [0.15, 0.2) is 0 Å². The topological polar surface area (TPSA) is 89.9 Å². The van der Waals surface area contributed by atoms with E-state index in [-0.39, 0.29) is 16.3 Å². The molecule has 1 N–H and O–H groups in total. The fourth-order valence-corrected chi connectivity index (χ4v) is 6.36. The van der Waals surface area contributed by atoms with E-state index in [0.717, 1.165) is 38.2 Å². The second-order valence-electron chi connectivity index (χ2n) is 9.40. The molecule has 40 heavy (non-hydrogen) atoms. The zero-order chi connectivity index (χ0) is 28.4. The Morgan fingerprint density at radius 2 is 1.60 bits per heavy atom. The average Bonchev–Trinajstić information content (AvgIpc) is 3.28. The minimum Gasteiger partial charge on any atom is -0.497 e. The Morgan fingerprint density at radius 1 is 0.875 bits per heavy atom. The summed E-state index contributed by atoms with van der Waals surface area (Å²) < 4.78 is 41.8. The van der Waals surface area contributed by atoms with E-state index in [2.05, 4.69) is 28.9 Å². The van der Waals surface area contributed by atoms with Crippen LogP contribution in [-0.4, -0.2) is 39.7 Å². The number of amides is 1. The molecule has 1 heterocycles. The molecule has 0 aliphatic carbocycles. The summed E-state index contributed by atoms with van der Waals surface area (Å²) in [5, 5.41) is 4.99. The first kappa shape index (κ1) is 27.1. The molecule has 0 radical (unpaired) electrons. The van der Waals surface area contributed by atoms with Crippen molar-refractivity contribution in [2.45, 2.75) is 25.3 Å². The zero-order valence-electron chi connectivity index (χ0n) is 22.8. The molecule has 0 fully saturated rings. The smallest absolute Gasteiger partial charge is 0.264 e. The first-order valence-electron chi connectivity index (χ1n) is 12.9. The van der Waals surface area contributed by atoms with Crippen LogP contribution in [0.3, 0.4) is 0 Å². The third-order valence-corrected chi connectivity index (χ3v) is 8.70. The second kappa shape index (κ2) is 10.9. The number of hydrogen-bond donors (Lipinski definition) is 1. The van der Waals surface area contributed by atoms with Gasteiger partial charge in [-0.3, -0.25) is 9.10 Å². The Bertz CT molecular complexity index is 1810. The number of aromatic nitrogens is 1. The number of benzene rings is 4. The quantitative estimate of drug-likeness (QED) is 0.241. The number of anilines is 2. The van der Waals surface area contributed by atoms with Crippen LogP contribution in [0.15, 0.2) is 89.8 Å². The fourth-order valence-electron chi connectivity index (χ4n) is 4.93. The van der Waals surface area contributed by atoms with Crippen LogP contribution in [-0.2, 0) is 21.4 Å². The van der Waals surface area contributed by atoms with Crippen LogP contribution < -0.4 is 19.1 Å². The first-order valence-corrected chi connectivity index (χ1v) is 14.3. The molecule has 9 heteroatoms. The summed E-state index contributed by atoms with van der Waals surface area (Å²) in [5.41, 5.74) is 3.90. The number of para-hydroxylation sites is 1. The van der Waals surface area contributed by atoms with Crippen molar-refractivity contribution in [2.24, 2.45) is 0 Å². The largest absolute Gasteiger partial charge is 0.497 e. The van der Waals surface area contributed by atoms with E-state index in [1.165, 1.54) is 26.4 Å². The molecular weight excluding hydrogens is 526 g/mol. The summed E-state index contributed by atoms with van der Waals surface area (Å²) in [6, 6.07) is 25.1. The van der Waals surface area contributed by atoms with Gasteiger partial charge in [0.05, 0.1) is 24.8 Å². The molecule has 0 aliphatic rings. The molecule has 4 aromatic carbocycles. The first-order chi connectivity index (χ1) is 19.3. The van der Waals surface area contributed by atoms with Crippen molar-refractivity contribution in [1.29, 1.82) is 0 Å². The predicted molar refractivity (Wildman–Crippen MR) is 159 cm³/mol. The van der Waals surface area contributed by atoms with Crippen molar-refractivity contribution in [3.63, 3.8) is 0 Å². The summed E-state index contributed by atoms with van der Waals surface area (Å²) in [6.07, 6.45) is 0. The SMILES string of the molecule is CCn1c2ccccc2c2cc(NC(=O)CN(c3ccc(OC)cc3OC)S(=O)(=O)c3ccc(C)cc3)ccc21. The van der Waals surface area contributed by atoms with Gasteiger partial charge in [-0.1, -0.05) is 35.9 Å². The Morgan fingerprint density at radius 3 is 2.30 bits per heavy atom. The molecule has 0 atom stereocenters. The third kappa shape index (κ3) is 4.96. The van der Waals surface area contributed by atoms with Gasteiger partial charge in [-0.2, -0.15) is 0 Å². The van der Waals surface area contributed by atoms with E-state index >= 15 is 0 Å². The van der Waals surface area contributed by atoms with E-state index in [1.54, 1.807) is 30.3 Å². The molecule has 1 amide bonds. The highest BCUT2D eigenvalue weighted by Gasteiger charge is 2.30. The molecule has 0 bridgehead atoms. The predicted octanol–water partition coefficient (Wildman–Crippen LogP) is 5.97. The molecule has 0 saturated carbocycles. The Hall–Kier alpha value is -4.50. The van der Waals surface area contributed by atoms with Gasteiger partial charge < -0.3 is 19.4 Å². The van der Waals surface area contributed by atoms with Gasteiger partial charge in [0.1, 0.15) is 18.0 Å². The van der Waals surface area contributed by atoms with Crippen LogP contribution in [0.4, 0.5) is 11.4 Å². The Kier molecular flexibility index (Phi) is 7.40. The number of carbonyl (C=O) groups excluding carboxylic acids is 1. The van der Waals surface area contributed by atoms with Crippen LogP contribution in [0.25, 0.3) is 21.8 Å². The van der Waals surface area contributed by atoms with Crippen molar-refractivity contribution in [2.75, 3.05) is 30.4 Å². The van der Waals surface area contributed by atoms with Gasteiger partial charge in [-0.25, -0.2) is 8.42 Å². The van der Waals surface area contributed by atoms with Crippen LogP contribution in [0.5, 0.6) is 11.5 Å². The van der Waals surface area contributed by atoms with Gasteiger partial charge in [0.2, 0.25) is 5.91 Å². The standard InChI is InChI=1S/C31H31N3O5S/c1-5-33-27-9-7-6-8-25(27)26-18-22(12-16-28(26)33)32-31(35)20-34(29-17-13-23(38-3)19-30(29)39-4)40(36,37)24-14-10-21(2)11-15-24/h6-19H,5,20H2,1-4H3,(H,32,35). The molecule has 206 valence electrons. The Labute approximate surface area is 233 Å². The molecule has 0 aliphatic heterocycles. The van der Waals surface area contributed by atoms with Crippen LogP contribution >= 0.6 is 0 Å². The lowest BCUT2D eigenvalue weighted by molar-refractivity contribution is -0.114. The summed E-state index contributed by atoms with van der Waals surface area (Å²) >= 11 is 0. The summed E-state index contributed by atoms with van der Waals surface area (Å²) in [5.74, 6) is 0.265. The highest BCUT2D eigenvalue weighted by Crippen LogP contribution is 2.36. The van der Waals surface area contributed by atoms with E-state index in [9.17, 15) is 13.2 Å². The number of aryl methyl sites for hydroxylation is 2. The van der Waals surface area contributed by atoms with Crippen molar-refractivity contribution in [3.8, 4) is 11.5 Å². The van der Waals surface area contributed by atoms with E-state index in [0.29, 0.717) is 11.4 Å². The number of fused-ring (bicyclic) bond motifs is 3. The number of hydrogen-bond acceptors (Lipinski definition) is 5. The lowest BCUT2D eigenvalue weighted by atomic mass is 10.1. The monoisotopic (exact) mass is 557 g/mol. The maximum absolute atomic E-state index is 13.9. The molecular formula is C31H31N3O5S. The highest BCUT2D eigenvalue weighted by atomic mass is 32.2. The maximum Gasteiger partial charge on any atom is 0.264 e. The number of nitrogens with one attached hydrogen (secondary N) is 1. The number of ether oxygens (including phenoxy) is 2. The van der Waals surface area contributed by atoms with Crippen LogP contribution in [0.2, 0.25) is 0 Å². The van der Waals surface area contributed by atoms with Crippen molar-refractivity contribution in [3.05, 3.63) is 90.5 Å². The Balaban J connectivity index is 1.52. The summed E-state index contributed by atoms with van der Waals surface area (Å²) in [4.78, 5) is 13.5. The minimum atomic E-state index is -4.13. The lowest BCUT2D eigenvalue weighted by Gasteiger charge is -2.26. The average molecular weight is 558 g/mol. The molecule has 8 nitrogen and oxygen atoms in total. The lowest BCUT2D eigenvalue weighted by Crippen LogP contribution is -2.38. The highest BCUT2D eigenvalue weighted by molar-refractivity contribution is 7.92. The van der Waals surface area contributed by atoms with Crippen molar-refractivity contribution < 1.29 is 22.7 Å². The maximum atomic E-state index is 13.9. The summed E-state index contributed by atoms with van der Waals surface area (Å²) in [7, 11) is -1.17. The van der Waals surface area contributed by atoms with E-state index < -0.39 is 22.5 Å². The van der Waals surface area contributed by atoms with E-state index in [4.69, 9.17) is 9.47 Å². The normalized spacial score (nSPS) is 11.5. The van der Waals surface area contributed by atoms with Crippen molar-refractivity contribution >= 4 is 49.1 Å². The zero-order valence-corrected chi connectivity index (χ0v) is 23.7. The number of sulfonamides is 1. The van der Waals surface area contributed by atoms with E-state index in [1.807, 2.05) is 37.3 Å². The molecule has 0 unspecified atom stereocenters. The molecule has 0 spiro atoms. The minimum absolute atomic E-state index is 0.0672. The van der Waals surface area contributed by atoms with Crippen LogP contribution in [0.1, 0.15) is 12.5 Å². The van der Waals surface area contributed by atoms with Gasteiger partial charge in [0, 0.05) is 40.1 Å².